The second-order valence-electron chi connectivity index (χ2n) is 8.41. The van der Waals surface area contributed by atoms with E-state index in [1.165, 1.54) is 19.1 Å². The van der Waals surface area contributed by atoms with Gasteiger partial charge < -0.3 is 24.1 Å². The minimum atomic E-state index is -1.20. The van der Waals surface area contributed by atoms with Gasteiger partial charge in [0.15, 0.2) is 12.3 Å². The van der Waals surface area contributed by atoms with Crippen LogP contribution in [0.4, 0.5) is 4.79 Å². The van der Waals surface area contributed by atoms with E-state index in [0.29, 0.717) is 23.5 Å². The summed E-state index contributed by atoms with van der Waals surface area (Å²) >= 11 is 0. The summed E-state index contributed by atoms with van der Waals surface area (Å²) in [5, 5.41) is 9.78. The number of methoxy groups -OCH3 is 2. The Kier molecular flexibility index (Phi) is 7.00. The number of aliphatic carboxylic acids is 1. The molecule has 0 aliphatic carbocycles. The predicted octanol–water partition coefficient (Wildman–Crippen LogP) is 3.84. The van der Waals surface area contributed by atoms with Crippen molar-refractivity contribution in [1.82, 2.24) is 4.90 Å². The van der Waals surface area contributed by atoms with Gasteiger partial charge in [-0.05, 0) is 45.2 Å². The zero-order valence-electron chi connectivity index (χ0n) is 18.1. The second kappa shape index (κ2) is 8.90. The Morgan fingerprint density at radius 1 is 1.17 bits per heavy atom. The van der Waals surface area contributed by atoms with Gasteiger partial charge in [0.2, 0.25) is 0 Å². The van der Waals surface area contributed by atoms with Gasteiger partial charge in [-0.15, -0.1) is 0 Å². The standard InChI is InChI=1S/C21H31NO7/c1-12(2)11-13-17(19(23)24)28-18(22(13)20(25)29-21(3,4)5)16-14(26-6)9-8-10-15(16)27-7/h8-10,12-13,17-18H,11H2,1-7H3,(H,23,24). The smallest absolute Gasteiger partial charge is 0.413 e. The Bertz CT molecular complexity index is 719. The van der Waals surface area contributed by atoms with E-state index in [9.17, 15) is 14.7 Å². The maximum absolute atomic E-state index is 13.2. The van der Waals surface area contributed by atoms with Gasteiger partial charge in [-0.2, -0.15) is 0 Å². The molecule has 0 radical (unpaired) electrons. The van der Waals surface area contributed by atoms with Crippen molar-refractivity contribution in [3.8, 4) is 11.5 Å². The fourth-order valence-corrected chi connectivity index (χ4v) is 3.43. The molecule has 1 saturated heterocycles. The van der Waals surface area contributed by atoms with Crippen molar-refractivity contribution in [2.45, 2.75) is 65.0 Å². The first kappa shape index (κ1) is 22.8. The zero-order chi connectivity index (χ0) is 21.9. The number of hydrogen-bond donors (Lipinski definition) is 1. The minimum absolute atomic E-state index is 0.133. The molecule has 0 bridgehead atoms. The van der Waals surface area contributed by atoms with Crippen LogP contribution in [0, 0.1) is 5.92 Å². The molecule has 1 N–H and O–H groups in total. The minimum Gasteiger partial charge on any atom is -0.496 e. The normalized spacial score (nSPS) is 21.9. The molecule has 29 heavy (non-hydrogen) atoms. The van der Waals surface area contributed by atoms with Gasteiger partial charge in [0.05, 0.1) is 25.8 Å². The van der Waals surface area contributed by atoms with Gasteiger partial charge in [0.1, 0.15) is 17.1 Å². The molecule has 1 fully saturated rings. The number of benzene rings is 1. The first-order valence-electron chi connectivity index (χ1n) is 9.60. The lowest BCUT2D eigenvalue weighted by molar-refractivity contribution is -0.150. The van der Waals surface area contributed by atoms with Crippen LogP contribution in [0.15, 0.2) is 18.2 Å². The molecule has 0 aromatic heterocycles. The van der Waals surface area contributed by atoms with Crippen LogP contribution in [-0.2, 0) is 14.3 Å². The number of carbonyl (C=O) groups excluding carboxylic acids is 1. The van der Waals surface area contributed by atoms with Crippen molar-refractivity contribution in [2.24, 2.45) is 5.92 Å². The van der Waals surface area contributed by atoms with Crippen molar-refractivity contribution < 1.29 is 33.6 Å². The summed E-state index contributed by atoms with van der Waals surface area (Å²) in [5.41, 5.74) is -0.309. The van der Waals surface area contributed by atoms with E-state index in [1.807, 2.05) is 13.8 Å². The highest BCUT2D eigenvalue weighted by molar-refractivity contribution is 5.77. The fourth-order valence-electron chi connectivity index (χ4n) is 3.43. The highest BCUT2D eigenvalue weighted by Crippen LogP contribution is 2.45. The Morgan fingerprint density at radius 2 is 1.72 bits per heavy atom. The molecule has 8 heteroatoms. The first-order chi connectivity index (χ1) is 13.5. The van der Waals surface area contributed by atoms with Gasteiger partial charge in [0.25, 0.3) is 0 Å². The van der Waals surface area contributed by atoms with E-state index in [2.05, 4.69) is 0 Å². The molecular weight excluding hydrogens is 378 g/mol. The number of carboxylic acid groups (broad SMARTS) is 1. The zero-order valence-corrected chi connectivity index (χ0v) is 18.1. The summed E-state index contributed by atoms with van der Waals surface area (Å²) in [5.74, 6) is -0.149. The van der Waals surface area contributed by atoms with Crippen LogP contribution in [0.3, 0.4) is 0 Å². The van der Waals surface area contributed by atoms with Crippen molar-refractivity contribution in [3.63, 3.8) is 0 Å². The molecule has 1 amide bonds. The lowest BCUT2D eigenvalue weighted by atomic mass is 9.98. The number of hydrogen-bond acceptors (Lipinski definition) is 6. The molecule has 1 aliphatic heterocycles. The third-order valence-corrected chi connectivity index (χ3v) is 4.51. The van der Waals surface area contributed by atoms with Gasteiger partial charge >= 0.3 is 12.1 Å². The summed E-state index contributed by atoms with van der Waals surface area (Å²) in [6.07, 6.45) is -2.44. The van der Waals surface area contributed by atoms with Crippen LogP contribution >= 0.6 is 0 Å². The summed E-state index contributed by atoms with van der Waals surface area (Å²) < 4.78 is 22.4. The molecule has 162 valence electrons. The molecule has 3 unspecified atom stereocenters. The summed E-state index contributed by atoms with van der Waals surface area (Å²) in [6, 6.07) is 4.45. The third kappa shape index (κ3) is 5.12. The second-order valence-corrected chi connectivity index (χ2v) is 8.41. The number of rotatable bonds is 6. The SMILES string of the molecule is COc1cccc(OC)c1C1OC(C(=O)O)C(CC(C)C)N1C(=O)OC(C)(C)C. The number of amides is 1. The molecule has 3 atom stereocenters. The van der Waals surface area contributed by atoms with E-state index in [-0.39, 0.29) is 5.92 Å². The van der Waals surface area contributed by atoms with Crippen molar-refractivity contribution in [1.29, 1.82) is 0 Å². The van der Waals surface area contributed by atoms with Crippen molar-refractivity contribution >= 4 is 12.1 Å². The van der Waals surface area contributed by atoms with Crippen LogP contribution in [0.2, 0.25) is 0 Å². The van der Waals surface area contributed by atoms with Gasteiger partial charge in [-0.25, -0.2) is 9.59 Å². The van der Waals surface area contributed by atoms with Gasteiger partial charge in [0, 0.05) is 0 Å². The van der Waals surface area contributed by atoms with Crippen LogP contribution in [0.25, 0.3) is 0 Å². The molecule has 1 aromatic carbocycles. The number of carbonyl (C=O) groups is 2. The van der Waals surface area contributed by atoms with E-state index in [0.717, 1.165) is 0 Å². The lowest BCUT2D eigenvalue weighted by Crippen LogP contribution is -2.45. The summed E-state index contributed by atoms with van der Waals surface area (Å²) in [4.78, 5) is 26.5. The fraction of sp³-hybridized carbons (Fsp3) is 0.619. The Balaban J connectivity index is 2.62. The predicted molar refractivity (Wildman–Crippen MR) is 106 cm³/mol. The molecule has 1 aliphatic rings. The molecule has 1 heterocycles. The van der Waals surface area contributed by atoms with E-state index >= 15 is 0 Å². The first-order valence-corrected chi connectivity index (χ1v) is 9.60. The summed E-state index contributed by atoms with van der Waals surface area (Å²) in [7, 11) is 2.98. The number of carboxylic acids is 1. The van der Waals surface area contributed by atoms with Crippen molar-refractivity contribution in [3.05, 3.63) is 23.8 Å². The van der Waals surface area contributed by atoms with Gasteiger partial charge in [-0.1, -0.05) is 19.9 Å². The Hall–Kier alpha value is -2.48. The molecule has 0 spiro atoms. The quantitative estimate of drug-likeness (QED) is 0.763. The molecule has 8 nitrogen and oxygen atoms in total. The number of nitrogens with zero attached hydrogens (tertiary/aromatic N) is 1. The summed E-state index contributed by atoms with van der Waals surface area (Å²) in [6.45, 7) is 9.19. The van der Waals surface area contributed by atoms with Crippen LogP contribution in [-0.4, -0.2) is 54.0 Å². The topological polar surface area (TPSA) is 94.5 Å². The van der Waals surface area contributed by atoms with Crippen LogP contribution in [0.5, 0.6) is 11.5 Å². The maximum Gasteiger partial charge on any atom is 0.413 e. The lowest BCUT2D eigenvalue weighted by Gasteiger charge is -2.32. The molecular formula is C21H31NO7. The van der Waals surface area contributed by atoms with Crippen molar-refractivity contribution in [2.75, 3.05) is 14.2 Å². The monoisotopic (exact) mass is 409 g/mol. The molecule has 2 rings (SSSR count). The highest BCUT2D eigenvalue weighted by Gasteiger charge is 2.51. The third-order valence-electron chi connectivity index (χ3n) is 4.51. The van der Waals surface area contributed by atoms with E-state index in [4.69, 9.17) is 18.9 Å². The Labute approximate surface area is 171 Å². The average Bonchev–Trinajstić information content (AvgIpc) is 2.97. The molecule has 1 aromatic rings. The maximum atomic E-state index is 13.2. The number of ether oxygens (including phenoxy) is 4. The Morgan fingerprint density at radius 3 is 2.14 bits per heavy atom. The van der Waals surface area contributed by atoms with E-state index in [1.54, 1.807) is 39.0 Å². The molecule has 0 saturated carbocycles. The highest BCUT2D eigenvalue weighted by atomic mass is 16.6. The average molecular weight is 409 g/mol. The van der Waals surface area contributed by atoms with Gasteiger partial charge in [-0.3, -0.25) is 4.90 Å². The van der Waals surface area contributed by atoms with E-state index < -0.39 is 36.0 Å². The van der Waals surface area contributed by atoms with Crippen LogP contribution in [0.1, 0.15) is 52.8 Å². The largest absolute Gasteiger partial charge is 0.496 e. The van der Waals surface area contributed by atoms with Crippen LogP contribution < -0.4 is 9.47 Å².